The van der Waals surface area contributed by atoms with Crippen LogP contribution in [0, 0.1) is 0 Å². The van der Waals surface area contributed by atoms with Gasteiger partial charge in [0.25, 0.3) is 0 Å². The van der Waals surface area contributed by atoms with E-state index in [-0.39, 0.29) is 5.91 Å². The van der Waals surface area contributed by atoms with E-state index >= 15 is 0 Å². The van der Waals surface area contributed by atoms with E-state index < -0.39 is 0 Å². The molecule has 1 aromatic heterocycles. The number of ether oxygens (including phenoxy) is 1. The maximum atomic E-state index is 12.2. The first-order valence-corrected chi connectivity index (χ1v) is 10.2. The third-order valence-electron chi connectivity index (χ3n) is 4.23. The number of anilines is 1. The number of thiazole rings is 1. The Hall–Kier alpha value is -2.92. The van der Waals surface area contributed by atoms with E-state index in [1.165, 1.54) is 23.0 Å². The fourth-order valence-corrected chi connectivity index (χ4v) is 3.44. The molecule has 0 atom stereocenters. The standard InChI is InChI=1S/C23H24N2O2S/c1-4-27-21-8-6-5-7-19(21)20-15-28-23(24-20)25-22(26)14-11-17-9-12-18(13-10-17)16(2)3/h5-16H,4H2,1-3H3,(H,24,25,26). The van der Waals surface area contributed by atoms with Crippen molar-refractivity contribution in [2.24, 2.45) is 0 Å². The average Bonchev–Trinajstić information content (AvgIpc) is 3.15. The zero-order chi connectivity index (χ0) is 19.9. The van der Waals surface area contributed by atoms with Crippen LogP contribution in [-0.2, 0) is 4.79 Å². The van der Waals surface area contributed by atoms with E-state index in [2.05, 4.69) is 36.3 Å². The molecule has 4 nitrogen and oxygen atoms in total. The Balaban J connectivity index is 1.65. The van der Waals surface area contributed by atoms with Crippen molar-refractivity contribution in [1.29, 1.82) is 0 Å². The van der Waals surface area contributed by atoms with Gasteiger partial charge in [-0.25, -0.2) is 4.98 Å². The summed E-state index contributed by atoms with van der Waals surface area (Å²) in [6.45, 7) is 6.86. The highest BCUT2D eigenvalue weighted by molar-refractivity contribution is 7.14. The van der Waals surface area contributed by atoms with Crippen molar-refractivity contribution in [2.75, 3.05) is 11.9 Å². The number of nitrogens with zero attached hydrogens (tertiary/aromatic N) is 1. The predicted octanol–water partition coefficient (Wildman–Crippen LogP) is 5.98. The Kier molecular flexibility index (Phi) is 6.61. The van der Waals surface area contributed by atoms with E-state index in [0.29, 0.717) is 17.7 Å². The molecule has 0 fully saturated rings. The van der Waals surface area contributed by atoms with E-state index in [1.54, 1.807) is 6.08 Å². The molecule has 0 saturated heterocycles. The molecular formula is C23H24N2O2S. The fourth-order valence-electron chi connectivity index (χ4n) is 2.73. The number of amides is 1. The predicted molar refractivity (Wildman–Crippen MR) is 117 cm³/mol. The second kappa shape index (κ2) is 9.33. The SMILES string of the molecule is CCOc1ccccc1-c1csc(NC(=O)C=Cc2ccc(C(C)C)cc2)n1. The zero-order valence-electron chi connectivity index (χ0n) is 16.3. The molecular weight excluding hydrogens is 368 g/mol. The monoisotopic (exact) mass is 392 g/mol. The summed E-state index contributed by atoms with van der Waals surface area (Å²) in [6.07, 6.45) is 3.33. The molecule has 5 heteroatoms. The van der Waals surface area contributed by atoms with Crippen LogP contribution < -0.4 is 10.1 Å². The minimum Gasteiger partial charge on any atom is -0.493 e. The Morgan fingerprint density at radius 2 is 1.93 bits per heavy atom. The van der Waals surface area contributed by atoms with Crippen LogP contribution in [0.5, 0.6) is 5.75 Å². The van der Waals surface area contributed by atoms with Crippen LogP contribution in [0.4, 0.5) is 5.13 Å². The van der Waals surface area contributed by atoms with Crippen LogP contribution in [0.1, 0.15) is 37.8 Å². The number of benzene rings is 2. The van der Waals surface area contributed by atoms with Crippen molar-refractivity contribution in [1.82, 2.24) is 4.98 Å². The lowest BCUT2D eigenvalue weighted by Crippen LogP contribution is -2.07. The maximum absolute atomic E-state index is 12.2. The van der Waals surface area contributed by atoms with Gasteiger partial charge in [-0.15, -0.1) is 11.3 Å². The van der Waals surface area contributed by atoms with E-state index in [9.17, 15) is 4.79 Å². The molecule has 3 rings (SSSR count). The smallest absolute Gasteiger partial charge is 0.250 e. The molecule has 0 aliphatic rings. The molecule has 2 aromatic carbocycles. The van der Waals surface area contributed by atoms with Crippen molar-refractivity contribution in [3.8, 4) is 17.0 Å². The van der Waals surface area contributed by atoms with Gasteiger partial charge in [0, 0.05) is 17.0 Å². The molecule has 0 unspecified atom stereocenters. The topological polar surface area (TPSA) is 51.2 Å². The quantitative estimate of drug-likeness (QED) is 0.503. The molecule has 1 N–H and O–H groups in total. The van der Waals surface area contributed by atoms with Gasteiger partial charge in [0.1, 0.15) is 5.75 Å². The Labute approximate surface area is 169 Å². The second-order valence-electron chi connectivity index (χ2n) is 6.61. The van der Waals surface area contributed by atoms with Crippen LogP contribution in [-0.4, -0.2) is 17.5 Å². The van der Waals surface area contributed by atoms with E-state index in [1.807, 2.05) is 48.7 Å². The lowest BCUT2D eigenvalue weighted by Gasteiger charge is -2.07. The van der Waals surface area contributed by atoms with Crippen molar-refractivity contribution >= 4 is 28.5 Å². The van der Waals surface area contributed by atoms with Gasteiger partial charge < -0.3 is 4.74 Å². The first-order chi connectivity index (χ1) is 13.6. The molecule has 0 spiro atoms. The average molecular weight is 393 g/mol. The summed E-state index contributed by atoms with van der Waals surface area (Å²) in [4.78, 5) is 16.7. The van der Waals surface area contributed by atoms with Crippen LogP contribution in [0.25, 0.3) is 17.3 Å². The first-order valence-electron chi connectivity index (χ1n) is 9.33. The van der Waals surface area contributed by atoms with Gasteiger partial charge in [-0.05, 0) is 42.2 Å². The summed E-state index contributed by atoms with van der Waals surface area (Å²) in [5, 5.41) is 5.30. The number of aromatic nitrogens is 1. The number of nitrogens with one attached hydrogen (secondary N) is 1. The highest BCUT2D eigenvalue weighted by Gasteiger charge is 2.10. The Morgan fingerprint density at radius 1 is 1.18 bits per heavy atom. The maximum Gasteiger partial charge on any atom is 0.250 e. The van der Waals surface area contributed by atoms with Gasteiger partial charge in [-0.1, -0.05) is 50.2 Å². The van der Waals surface area contributed by atoms with Gasteiger partial charge >= 0.3 is 0 Å². The summed E-state index contributed by atoms with van der Waals surface area (Å²) >= 11 is 1.39. The number of hydrogen-bond donors (Lipinski definition) is 1. The largest absolute Gasteiger partial charge is 0.493 e. The van der Waals surface area contributed by atoms with Crippen LogP contribution in [0.2, 0.25) is 0 Å². The fraction of sp³-hybridized carbons (Fsp3) is 0.217. The number of para-hydroxylation sites is 1. The Bertz CT molecular complexity index is 959. The molecule has 144 valence electrons. The molecule has 0 saturated carbocycles. The lowest BCUT2D eigenvalue weighted by molar-refractivity contribution is -0.111. The van der Waals surface area contributed by atoms with Gasteiger partial charge in [0.2, 0.25) is 5.91 Å². The highest BCUT2D eigenvalue weighted by atomic mass is 32.1. The van der Waals surface area contributed by atoms with Crippen molar-refractivity contribution in [2.45, 2.75) is 26.7 Å². The molecule has 3 aromatic rings. The van der Waals surface area contributed by atoms with E-state index in [4.69, 9.17) is 4.74 Å². The molecule has 28 heavy (non-hydrogen) atoms. The van der Waals surface area contributed by atoms with Gasteiger partial charge in [0.05, 0.1) is 12.3 Å². The van der Waals surface area contributed by atoms with E-state index in [0.717, 1.165) is 22.6 Å². The number of rotatable bonds is 7. The normalized spacial score (nSPS) is 11.1. The molecule has 0 radical (unpaired) electrons. The van der Waals surface area contributed by atoms with Crippen LogP contribution in [0.15, 0.2) is 60.0 Å². The zero-order valence-corrected chi connectivity index (χ0v) is 17.1. The molecule has 0 bridgehead atoms. The van der Waals surface area contributed by atoms with Gasteiger partial charge in [0.15, 0.2) is 5.13 Å². The van der Waals surface area contributed by atoms with Crippen LogP contribution >= 0.6 is 11.3 Å². The lowest BCUT2D eigenvalue weighted by atomic mass is 10.0. The Morgan fingerprint density at radius 3 is 2.64 bits per heavy atom. The molecule has 0 aliphatic heterocycles. The molecule has 1 heterocycles. The third-order valence-corrected chi connectivity index (χ3v) is 4.99. The first kappa shape index (κ1) is 19.8. The summed E-state index contributed by atoms with van der Waals surface area (Å²) < 4.78 is 5.66. The second-order valence-corrected chi connectivity index (χ2v) is 7.47. The van der Waals surface area contributed by atoms with Crippen LogP contribution in [0.3, 0.4) is 0 Å². The van der Waals surface area contributed by atoms with Gasteiger partial charge in [-0.3, -0.25) is 10.1 Å². The molecule has 1 amide bonds. The van der Waals surface area contributed by atoms with Crippen molar-refractivity contribution in [3.05, 3.63) is 71.1 Å². The van der Waals surface area contributed by atoms with Crippen molar-refractivity contribution < 1.29 is 9.53 Å². The minimum absolute atomic E-state index is 0.202. The van der Waals surface area contributed by atoms with Crippen molar-refractivity contribution in [3.63, 3.8) is 0 Å². The number of hydrogen-bond acceptors (Lipinski definition) is 4. The summed E-state index contributed by atoms with van der Waals surface area (Å²) in [7, 11) is 0. The number of carbonyl (C=O) groups excluding carboxylic acids is 1. The molecule has 0 aliphatic carbocycles. The highest BCUT2D eigenvalue weighted by Crippen LogP contribution is 2.32. The minimum atomic E-state index is -0.202. The number of carbonyl (C=O) groups is 1. The summed E-state index contributed by atoms with van der Waals surface area (Å²) in [5.74, 6) is 1.08. The van der Waals surface area contributed by atoms with Gasteiger partial charge in [-0.2, -0.15) is 0 Å². The summed E-state index contributed by atoms with van der Waals surface area (Å²) in [6, 6.07) is 16.0. The summed E-state index contributed by atoms with van der Waals surface area (Å²) in [5.41, 5.74) is 3.98. The third kappa shape index (κ3) is 5.08.